The van der Waals surface area contributed by atoms with Crippen molar-refractivity contribution in [2.24, 2.45) is 5.92 Å². The van der Waals surface area contributed by atoms with Crippen LogP contribution >= 0.6 is 0 Å². The maximum absolute atomic E-state index is 13.3. The van der Waals surface area contributed by atoms with E-state index in [1.54, 1.807) is 12.1 Å². The lowest BCUT2D eigenvalue weighted by Gasteiger charge is -2.17. The maximum atomic E-state index is 13.3. The molecule has 0 unspecified atom stereocenters. The number of carbonyl (C=O) groups is 1. The Labute approximate surface area is 87.3 Å². The Morgan fingerprint density at radius 3 is 2.87 bits per heavy atom. The second-order valence-electron chi connectivity index (χ2n) is 3.40. The van der Waals surface area contributed by atoms with Crippen LogP contribution in [-0.4, -0.2) is 17.2 Å². The van der Waals surface area contributed by atoms with E-state index in [1.165, 1.54) is 12.4 Å². The minimum atomic E-state index is -2.97. The van der Waals surface area contributed by atoms with Crippen molar-refractivity contribution in [3.63, 3.8) is 0 Å². The zero-order chi connectivity index (χ0) is 11.3. The third-order valence-electron chi connectivity index (χ3n) is 1.89. The molecule has 1 rings (SSSR count). The van der Waals surface area contributed by atoms with E-state index in [4.69, 9.17) is 6.92 Å². The lowest BCUT2D eigenvalue weighted by molar-refractivity contribution is -0.113. The number of carbonyl (C=O) groups excluding carboxylic acids is 1. The lowest BCUT2D eigenvalue weighted by Crippen LogP contribution is -2.23. The van der Waals surface area contributed by atoms with Gasteiger partial charge in [-0.15, -0.1) is 0 Å². The molecule has 0 saturated heterocycles. The summed E-state index contributed by atoms with van der Waals surface area (Å²) in [7, 11) is 0. The minimum Gasteiger partial charge on any atom is -0.303 e. The molecule has 0 aliphatic heterocycles. The summed E-state index contributed by atoms with van der Waals surface area (Å²) in [6.45, 7) is 5.15. The fourth-order valence-electron chi connectivity index (χ4n) is 1.27. The van der Waals surface area contributed by atoms with Crippen molar-refractivity contribution in [1.29, 1.82) is 0 Å². The maximum Gasteiger partial charge on any atom is 0.252 e. The summed E-state index contributed by atoms with van der Waals surface area (Å²) in [5.74, 6) is -4.08. The molecule has 0 N–H and O–H groups in total. The topological polar surface area (TPSA) is 30.0 Å². The Kier molecular flexibility index (Phi) is 3.88. The van der Waals surface area contributed by atoms with Gasteiger partial charge in [0.1, 0.15) is 6.29 Å². The van der Waals surface area contributed by atoms with Crippen LogP contribution in [0.1, 0.15) is 12.0 Å². The number of pyridine rings is 1. The van der Waals surface area contributed by atoms with E-state index in [2.05, 4.69) is 4.98 Å². The van der Waals surface area contributed by atoms with E-state index in [-0.39, 0.29) is 0 Å². The van der Waals surface area contributed by atoms with Crippen molar-refractivity contribution in [1.82, 2.24) is 4.98 Å². The number of nitrogens with zero attached hydrogens (tertiary/aromatic N) is 1. The zero-order valence-corrected chi connectivity index (χ0v) is 8.07. The molecule has 1 aromatic rings. The number of rotatable bonds is 5. The van der Waals surface area contributed by atoms with Gasteiger partial charge in [-0.2, -0.15) is 0 Å². The van der Waals surface area contributed by atoms with Crippen LogP contribution in [-0.2, 0) is 11.2 Å². The minimum absolute atomic E-state index is 0.331. The van der Waals surface area contributed by atoms with Gasteiger partial charge in [-0.3, -0.25) is 4.98 Å². The van der Waals surface area contributed by atoms with Crippen molar-refractivity contribution in [2.75, 3.05) is 0 Å². The smallest absolute Gasteiger partial charge is 0.252 e. The third kappa shape index (κ3) is 4.14. The molecular formula is C11H11F2NO. The number of aromatic nitrogens is 1. The van der Waals surface area contributed by atoms with E-state index in [0.717, 1.165) is 0 Å². The van der Waals surface area contributed by atoms with Crippen LogP contribution < -0.4 is 0 Å². The van der Waals surface area contributed by atoms with Gasteiger partial charge in [-0.25, -0.2) is 8.78 Å². The second-order valence-corrected chi connectivity index (χ2v) is 3.40. The monoisotopic (exact) mass is 211 g/mol. The van der Waals surface area contributed by atoms with Gasteiger partial charge in [-0.1, -0.05) is 6.07 Å². The molecule has 0 aliphatic rings. The van der Waals surface area contributed by atoms with Crippen LogP contribution in [0, 0.1) is 12.8 Å². The van der Waals surface area contributed by atoms with Crippen LogP contribution in [0.2, 0.25) is 0 Å². The fourth-order valence-corrected chi connectivity index (χ4v) is 1.27. The molecule has 1 atom stereocenters. The average molecular weight is 211 g/mol. The van der Waals surface area contributed by atoms with Gasteiger partial charge in [0, 0.05) is 31.2 Å². The summed E-state index contributed by atoms with van der Waals surface area (Å²) in [5.41, 5.74) is 0.431. The van der Waals surface area contributed by atoms with Gasteiger partial charge in [-0.05, 0) is 18.6 Å². The Bertz CT molecular complexity index is 314. The summed E-state index contributed by atoms with van der Waals surface area (Å²) in [5, 5.41) is 0. The highest BCUT2D eigenvalue weighted by Gasteiger charge is 2.31. The highest BCUT2D eigenvalue weighted by molar-refractivity contribution is 5.54. The molecule has 1 aromatic heterocycles. The fraction of sp³-hybridized carbons (Fsp3) is 0.364. The quantitative estimate of drug-likeness (QED) is 0.699. The molecule has 4 heteroatoms. The van der Waals surface area contributed by atoms with Crippen LogP contribution in [0.15, 0.2) is 24.5 Å². The molecule has 0 saturated carbocycles. The van der Waals surface area contributed by atoms with Crippen molar-refractivity contribution in [2.45, 2.75) is 18.8 Å². The summed E-state index contributed by atoms with van der Waals surface area (Å²) in [6.07, 6.45) is 2.14. The standard InChI is InChI=1S/C11H11F2NO/c1-9(8-15)5-11(12,13)6-10-3-2-4-14-7-10/h1-4,7-9H,5-6H2/t9-/m0/s1. The first-order valence-corrected chi connectivity index (χ1v) is 4.51. The Morgan fingerprint density at radius 1 is 1.60 bits per heavy atom. The molecule has 0 fully saturated rings. The molecule has 0 spiro atoms. The van der Waals surface area contributed by atoms with Gasteiger partial charge in [0.05, 0.1) is 0 Å². The summed E-state index contributed by atoms with van der Waals surface area (Å²) in [4.78, 5) is 13.9. The first kappa shape index (κ1) is 11.8. The van der Waals surface area contributed by atoms with Gasteiger partial charge < -0.3 is 4.79 Å². The number of alkyl halides is 2. The van der Waals surface area contributed by atoms with Crippen LogP contribution in [0.3, 0.4) is 0 Å². The molecule has 0 bridgehead atoms. The lowest BCUT2D eigenvalue weighted by atomic mass is 9.99. The number of hydrogen-bond donors (Lipinski definition) is 0. The van der Waals surface area contributed by atoms with Gasteiger partial charge in [0.2, 0.25) is 0 Å². The molecule has 0 aliphatic carbocycles. The number of hydrogen-bond acceptors (Lipinski definition) is 2. The third-order valence-corrected chi connectivity index (χ3v) is 1.89. The van der Waals surface area contributed by atoms with E-state index >= 15 is 0 Å². The molecule has 80 valence electrons. The highest BCUT2D eigenvalue weighted by Crippen LogP contribution is 2.26. The number of aldehydes is 1. The van der Waals surface area contributed by atoms with E-state index in [1.807, 2.05) is 0 Å². The molecule has 2 nitrogen and oxygen atoms in total. The second kappa shape index (κ2) is 4.96. The molecule has 2 radical (unpaired) electrons. The number of halogens is 2. The van der Waals surface area contributed by atoms with E-state index in [0.29, 0.717) is 11.8 Å². The van der Waals surface area contributed by atoms with Crippen molar-refractivity contribution in [3.8, 4) is 0 Å². The summed E-state index contributed by atoms with van der Waals surface area (Å²) >= 11 is 0. The molecule has 15 heavy (non-hydrogen) atoms. The normalized spacial score (nSPS) is 13.5. The van der Waals surface area contributed by atoms with E-state index in [9.17, 15) is 13.6 Å². The molecule has 0 aromatic carbocycles. The van der Waals surface area contributed by atoms with Crippen LogP contribution in [0.25, 0.3) is 0 Å². The van der Waals surface area contributed by atoms with Crippen LogP contribution in [0.5, 0.6) is 0 Å². The van der Waals surface area contributed by atoms with Gasteiger partial charge in [0.25, 0.3) is 5.92 Å². The van der Waals surface area contributed by atoms with Crippen molar-refractivity contribution >= 4 is 6.29 Å². The Balaban J connectivity index is 2.60. The average Bonchev–Trinajstić information content (AvgIpc) is 2.17. The highest BCUT2D eigenvalue weighted by atomic mass is 19.3. The first-order valence-electron chi connectivity index (χ1n) is 4.51. The summed E-state index contributed by atoms with van der Waals surface area (Å²) < 4.78 is 26.6. The molecular weight excluding hydrogens is 200 g/mol. The van der Waals surface area contributed by atoms with Crippen molar-refractivity contribution in [3.05, 3.63) is 37.0 Å². The SMILES string of the molecule is [CH][C@H](C=O)CC(F)(F)Cc1cccnc1. The zero-order valence-electron chi connectivity index (χ0n) is 8.07. The van der Waals surface area contributed by atoms with E-state index < -0.39 is 24.7 Å². The van der Waals surface area contributed by atoms with Crippen LogP contribution in [0.4, 0.5) is 8.78 Å². The Hall–Kier alpha value is -1.32. The molecule has 0 amide bonds. The first-order chi connectivity index (χ1) is 7.03. The molecule has 1 heterocycles. The van der Waals surface area contributed by atoms with Gasteiger partial charge in [0.15, 0.2) is 0 Å². The predicted molar refractivity (Wildman–Crippen MR) is 51.4 cm³/mol. The predicted octanol–water partition coefficient (Wildman–Crippen LogP) is 2.18. The summed E-state index contributed by atoms with van der Waals surface area (Å²) in [6, 6.07) is 3.15. The largest absolute Gasteiger partial charge is 0.303 e. The Morgan fingerprint density at radius 2 is 2.33 bits per heavy atom. The van der Waals surface area contributed by atoms with Gasteiger partial charge >= 0.3 is 0 Å². The van der Waals surface area contributed by atoms with Crippen molar-refractivity contribution < 1.29 is 13.6 Å².